The Balaban J connectivity index is 4.25. The molecule has 0 aromatic rings. The highest BCUT2D eigenvalue weighted by Gasteiger charge is 2.07. The topological polar surface area (TPSA) is 82.6 Å². The summed E-state index contributed by atoms with van der Waals surface area (Å²) in [5, 5.41) is 6.36. The summed E-state index contributed by atoms with van der Waals surface area (Å²) in [7, 11) is -3.12. The standard InChI is InChI=1S/C15H34N4O2S/c1-5-9-10-14(6-2)13-18-15(16-7-3)17-11-12-19-22(20,21)8-4/h14,19H,5-13H2,1-4H3,(H2,16,17,18). The molecule has 0 spiro atoms. The van der Waals surface area contributed by atoms with Crippen molar-refractivity contribution >= 4 is 16.0 Å². The Morgan fingerprint density at radius 3 is 2.36 bits per heavy atom. The Kier molecular flexibility index (Phi) is 12.2. The van der Waals surface area contributed by atoms with Crippen LogP contribution < -0.4 is 15.4 Å². The third kappa shape index (κ3) is 10.8. The van der Waals surface area contributed by atoms with Crippen LogP contribution in [0.2, 0.25) is 0 Å². The van der Waals surface area contributed by atoms with Crippen molar-refractivity contribution in [3.05, 3.63) is 0 Å². The average Bonchev–Trinajstić information content (AvgIpc) is 2.51. The van der Waals surface area contributed by atoms with E-state index in [0.29, 0.717) is 19.0 Å². The molecule has 7 heteroatoms. The highest BCUT2D eigenvalue weighted by Crippen LogP contribution is 2.12. The number of hydrogen-bond acceptors (Lipinski definition) is 3. The number of nitrogens with one attached hydrogen (secondary N) is 3. The van der Waals surface area contributed by atoms with Gasteiger partial charge in [0.2, 0.25) is 10.0 Å². The molecule has 0 aliphatic rings. The molecule has 0 saturated carbocycles. The van der Waals surface area contributed by atoms with Crippen LogP contribution in [-0.2, 0) is 10.0 Å². The molecule has 0 radical (unpaired) electrons. The van der Waals surface area contributed by atoms with Gasteiger partial charge in [0.15, 0.2) is 5.96 Å². The van der Waals surface area contributed by atoms with E-state index in [-0.39, 0.29) is 5.75 Å². The second-order valence-corrected chi connectivity index (χ2v) is 7.46. The lowest BCUT2D eigenvalue weighted by molar-refractivity contribution is 0.461. The summed E-state index contributed by atoms with van der Waals surface area (Å²) in [6.07, 6.45) is 4.82. The number of guanidine groups is 1. The van der Waals surface area contributed by atoms with Gasteiger partial charge in [-0.2, -0.15) is 0 Å². The molecule has 0 heterocycles. The zero-order valence-corrected chi connectivity index (χ0v) is 15.4. The largest absolute Gasteiger partial charge is 0.357 e. The second-order valence-electron chi connectivity index (χ2n) is 5.36. The first-order valence-electron chi connectivity index (χ1n) is 8.48. The molecule has 0 bridgehead atoms. The molecule has 3 N–H and O–H groups in total. The van der Waals surface area contributed by atoms with Crippen molar-refractivity contribution in [2.24, 2.45) is 10.9 Å². The molecule has 0 aromatic heterocycles. The lowest BCUT2D eigenvalue weighted by atomic mass is 10.00. The third-order valence-electron chi connectivity index (χ3n) is 3.51. The summed E-state index contributed by atoms with van der Waals surface area (Å²) in [6, 6.07) is 0. The fourth-order valence-electron chi connectivity index (χ4n) is 1.97. The van der Waals surface area contributed by atoms with Gasteiger partial charge >= 0.3 is 0 Å². The van der Waals surface area contributed by atoms with Gasteiger partial charge in [0, 0.05) is 26.2 Å². The maximum absolute atomic E-state index is 11.3. The van der Waals surface area contributed by atoms with Gasteiger partial charge in [-0.1, -0.05) is 33.1 Å². The quantitative estimate of drug-likeness (QED) is 0.288. The molecule has 0 aliphatic heterocycles. The number of unbranched alkanes of at least 4 members (excludes halogenated alkanes) is 1. The highest BCUT2D eigenvalue weighted by atomic mass is 32.2. The fraction of sp³-hybridized carbons (Fsp3) is 0.933. The number of nitrogens with zero attached hydrogens (tertiary/aromatic N) is 1. The molecule has 22 heavy (non-hydrogen) atoms. The van der Waals surface area contributed by atoms with Crippen LogP contribution in [-0.4, -0.2) is 46.3 Å². The SMILES string of the molecule is CCCCC(CC)CN=C(NCC)NCCNS(=O)(=O)CC. The van der Waals surface area contributed by atoms with E-state index in [1.54, 1.807) is 6.92 Å². The summed E-state index contributed by atoms with van der Waals surface area (Å²) < 4.78 is 25.2. The van der Waals surface area contributed by atoms with Crippen molar-refractivity contribution in [1.29, 1.82) is 0 Å². The number of sulfonamides is 1. The van der Waals surface area contributed by atoms with Gasteiger partial charge in [-0.3, -0.25) is 4.99 Å². The molecule has 0 rings (SSSR count). The fourth-order valence-corrected chi connectivity index (χ4v) is 2.59. The van der Waals surface area contributed by atoms with E-state index in [2.05, 4.69) is 34.2 Å². The van der Waals surface area contributed by atoms with Crippen molar-refractivity contribution in [3.8, 4) is 0 Å². The van der Waals surface area contributed by atoms with Gasteiger partial charge in [0.05, 0.1) is 5.75 Å². The van der Waals surface area contributed by atoms with Crippen molar-refractivity contribution in [2.75, 3.05) is 31.9 Å². The minimum absolute atomic E-state index is 0.108. The van der Waals surface area contributed by atoms with Gasteiger partial charge in [-0.15, -0.1) is 0 Å². The first-order valence-corrected chi connectivity index (χ1v) is 10.1. The molecule has 6 nitrogen and oxygen atoms in total. The molecule has 0 saturated heterocycles. The van der Waals surface area contributed by atoms with Gasteiger partial charge < -0.3 is 10.6 Å². The smallest absolute Gasteiger partial charge is 0.211 e. The highest BCUT2D eigenvalue weighted by molar-refractivity contribution is 7.89. The van der Waals surface area contributed by atoms with Crippen LogP contribution in [0.1, 0.15) is 53.4 Å². The molecule has 0 fully saturated rings. The summed E-state index contributed by atoms with van der Waals surface area (Å²) in [6.45, 7) is 10.6. The van der Waals surface area contributed by atoms with E-state index in [1.165, 1.54) is 19.3 Å². The molecule has 1 atom stereocenters. The van der Waals surface area contributed by atoms with Gasteiger partial charge in [-0.05, 0) is 26.2 Å². The van der Waals surface area contributed by atoms with Crippen LogP contribution in [0.5, 0.6) is 0 Å². The van der Waals surface area contributed by atoms with Crippen LogP contribution in [0, 0.1) is 5.92 Å². The minimum atomic E-state index is -3.12. The summed E-state index contributed by atoms with van der Waals surface area (Å²) in [5.74, 6) is 1.48. The second kappa shape index (κ2) is 12.7. The number of rotatable bonds is 12. The Morgan fingerprint density at radius 1 is 1.09 bits per heavy atom. The normalized spacial score (nSPS) is 13.9. The average molecular weight is 335 g/mol. The number of aliphatic imine (C=N–C) groups is 1. The summed E-state index contributed by atoms with van der Waals surface area (Å²) in [4.78, 5) is 4.61. The first kappa shape index (κ1) is 21.2. The lowest BCUT2D eigenvalue weighted by Crippen LogP contribution is -2.42. The molecule has 0 amide bonds. The van der Waals surface area contributed by atoms with E-state index < -0.39 is 10.0 Å². The predicted molar refractivity (Wildman–Crippen MR) is 94.8 cm³/mol. The molecule has 0 aliphatic carbocycles. The van der Waals surface area contributed by atoms with E-state index in [9.17, 15) is 8.42 Å². The van der Waals surface area contributed by atoms with Crippen LogP contribution >= 0.6 is 0 Å². The predicted octanol–water partition coefficient (Wildman–Crippen LogP) is 1.70. The first-order chi connectivity index (χ1) is 10.5. The molecular weight excluding hydrogens is 300 g/mol. The monoisotopic (exact) mass is 334 g/mol. The Bertz CT molecular complexity index is 396. The van der Waals surface area contributed by atoms with Crippen LogP contribution in [0.25, 0.3) is 0 Å². The summed E-state index contributed by atoms with van der Waals surface area (Å²) in [5.41, 5.74) is 0. The van der Waals surface area contributed by atoms with Gasteiger partial charge in [-0.25, -0.2) is 13.1 Å². The zero-order chi connectivity index (χ0) is 16.8. The van der Waals surface area contributed by atoms with Crippen molar-refractivity contribution < 1.29 is 8.42 Å². The van der Waals surface area contributed by atoms with Gasteiger partial charge in [0.25, 0.3) is 0 Å². The van der Waals surface area contributed by atoms with E-state index in [4.69, 9.17) is 0 Å². The molecular formula is C15H34N4O2S. The maximum Gasteiger partial charge on any atom is 0.211 e. The van der Waals surface area contributed by atoms with E-state index >= 15 is 0 Å². The molecule has 132 valence electrons. The van der Waals surface area contributed by atoms with E-state index in [1.807, 2.05) is 6.92 Å². The van der Waals surface area contributed by atoms with Crippen LogP contribution in [0.4, 0.5) is 0 Å². The Morgan fingerprint density at radius 2 is 1.82 bits per heavy atom. The Labute approximate surface area is 136 Å². The van der Waals surface area contributed by atoms with Crippen molar-refractivity contribution in [1.82, 2.24) is 15.4 Å². The van der Waals surface area contributed by atoms with Crippen molar-refractivity contribution in [2.45, 2.75) is 53.4 Å². The minimum Gasteiger partial charge on any atom is -0.357 e. The van der Waals surface area contributed by atoms with Gasteiger partial charge in [0.1, 0.15) is 0 Å². The van der Waals surface area contributed by atoms with Crippen molar-refractivity contribution in [3.63, 3.8) is 0 Å². The maximum atomic E-state index is 11.3. The van der Waals surface area contributed by atoms with Crippen LogP contribution in [0.15, 0.2) is 4.99 Å². The molecule has 0 aromatic carbocycles. The third-order valence-corrected chi connectivity index (χ3v) is 4.92. The Hall–Kier alpha value is -0.820. The zero-order valence-electron chi connectivity index (χ0n) is 14.6. The summed E-state index contributed by atoms with van der Waals surface area (Å²) >= 11 is 0. The van der Waals surface area contributed by atoms with E-state index in [0.717, 1.165) is 25.5 Å². The number of hydrogen-bond donors (Lipinski definition) is 3. The molecule has 1 unspecified atom stereocenters. The van der Waals surface area contributed by atoms with Crippen LogP contribution in [0.3, 0.4) is 0 Å². The lowest BCUT2D eigenvalue weighted by Gasteiger charge is -2.15.